The summed E-state index contributed by atoms with van der Waals surface area (Å²) in [6, 6.07) is 0. The molecule has 1 aromatic heterocycles. The van der Waals surface area contributed by atoms with Crippen LogP contribution in [0.25, 0.3) is 0 Å². The molecule has 0 fully saturated rings. The Morgan fingerprint density at radius 3 is 2.56 bits per heavy atom. The van der Waals surface area contributed by atoms with Gasteiger partial charge in [0.2, 0.25) is 0 Å². The summed E-state index contributed by atoms with van der Waals surface area (Å²) in [5, 5.41) is 1.94. The molecule has 1 rings (SSSR count). The first kappa shape index (κ1) is 15.2. The van der Waals surface area contributed by atoms with Gasteiger partial charge in [-0.05, 0) is 46.1 Å². The topological polar surface area (TPSA) is 26.3 Å². The first-order chi connectivity index (χ1) is 8.35. The molecule has 1 aromatic rings. The number of ether oxygens (including phenoxy) is 1. The molecule has 0 aliphatic heterocycles. The van der Waals surface area contributed by atoms with E-state index in [1.807, 2.05) is 33.1 Å². The first-order valence-electron chi connectivity index (χ1n) is 6.65. The molecule has 0 aromatic carbocycles. The first-order valence-corrected chi connectivity index (χ1v) is 7.53. The van der Waals surface area contributed by atoms with Gasteiger partial charge in [-0.1, -0.05) is 19.8 Å². The van der Waals surface area contributed by atoms with Crippen LogP contribution in [0.1, 0.15) is 67.8 Å². The molecule has 0 spiro atoms. The number of aryl methyl sites for hydroxylation is 1. The van der Waals surface area contributed by atoms with Gasteiger partial charge in [0, 0.05) is 10.3 Å². The molecule has 0 saturated carbocycles. The summed E-state index contributed by atoms with van der Waals surface area (Å²) in [4.78, 5) is 13.3. The molecule has 0 unspecified atom stereocenters. The number of carbonyl (C=O) groups is 1. The van der Waals surface area contributed by atoms with E-state index in [-0.39, 0.29) is 5.97 Å². The molecule has 0 bridgehead atoms. The molecule has 3 heteroatoms. The van der Waals surface area contributed by atoms with Crippen LogP contribution < -0.4 is 0 Å². The Balaban J connectivity index is 2.71. The third-order valence-corrected chi connectivity index (χ3v) is 3.92. The number of thiophene rings is 1. The summed E-state index contributed by atoms with van der Waals surface area (Å²) in [6.45, 7) is 9.92. The van der Waals surface area contributed by atoms with E-state index >= 15 is 0 Å². The average Bonchev–Trinajstić information content (AvgIpc) is 2.58. The summed E-state index contributed by atoms with van der Waals surface area (Å²) in [5.74, 6) is -0.196. The number of rotatable bonds is 5. The van der Waals surface area contributed by atoms with Crippen molar-refractivity contribution in [2.45, 2.75) is 65.9 Å². The summed E-state index contributed by atoms with van der Waals surface area (Å²) in [5.41, 5.74) is 1.42. The molecule has 2 nitrogen and oxygen atoms in total. The van der Waals surface area contributed by atoms with Crippen LogP contribution in [0.3, 0.4) is 0 Å². The summed E-state index contributed by atoms with van der Waals surface area (Å²) >= 11 is 1.68. The Morgan fingerprint density at radius 2 is 2.00 bits per heavy atom. The Bertz CT molecular complexity index is 399. The number of carbonyl (C=O) groups excluding carboxylic acids is 1. The minimum Gasteiger partial charge on any atom is -0.456 e. The molecule has 0 radical (unpaired) electrons. The molecular weight excluding hydrogens is 244 g/mol. The van der Waals surface area contributed by atoms with Gasteiger partial charge >= 0.3 is 5.97 Å². The monoisotopic (exact) mass is 268 g/mol. The lowest BCUT2D eigenvalue weighted by atomic mass is 10.1. The Morgan fingerprint density at radius 1 is 1.33 bits per heavy atom. The van der Waals surface area contributed by atoms with Crippen LogP contribution in [0.4, 0.5) is 0 Å². The van der Waals surface area contributed by atoms with Gasteiger partial charge in [0.25, 0.3) is 0 Å². The fourth-order valence-electron chi connectivity index (χ4n) is 1.77. The Labute approximate surface area is 114 Å². The highest BCUT2D eigenvalue weighted by Gasteiger charge is 2.21. The summed E-state index contributed by atoms with van der Waals surface area (Å²) in [6.07, 6.45) is 4.75. The van der Waals surface area contributed by atoms with Crippen molar-refractivity contribution in [3.05, 3.63) is 21.4 Å². The van der Waals surface area contributed by atoms with Crippen LogP contribution in [0.15, 0.2) is 5.38 Å². The molecule has 0 saturated heterocycles. The Hall–Kier alpha value is -0.830. The van der Waals surface area contributed by atoms with Gasteiger partial charge in [0.05, 0.1) is 5.56 Å². The molecule has 1 heterocycles. The quantitative estimate of drug-likeness (QED) is 0.569. The van der Waals surface area contributed by atoms with Crippen molar-refractivity contribution in [3.63, 3.8) is 0 Å². The number of esters is 1. The minimum atomic E-state index is -0.423. The van der Waals surface area contributed by atoms with Gasteiger partial charge in [-0.25, -0.2) is 4.79 Å². The maximum atomic E-state index is 12.0. The largest absolute Gasteiger partial charge is 0.456 e. The zero-order valence-corrected chi connectivity index (χ0v) is 12.9. The highest BCUT2D eigenvalue weighted by atomic mass is 32.1. The highest BCUT2D eigenvalue weighted by Crippen LogP contribution is 2.25. The predicted molar refractivity (Wildman–Crippen MR) is 77.5 cm³/mol. The molecule has 0 aliphatic rings. The smallest absolute Gasteiger partial charge is 0.339 e. The van der Waals surface area contributed by atoms with E-state index in [1.165, 1.54) is 24.1 Å². The molecule has 102 valence electrons. The van der Waals surface area contributed by atoms with Crippen molar-refractivity contribution in [2.75, 3.05) is 0 Å². The van der Waals surface area contributed by atoms with Crippen LogP contribution >= 0.6 is 11.3 Å². The van der Waals surface area contributed by atoms with Crippen molar-refractivity contribution < 1.29 is 9.53 Å². The lowest BCUT2D eigenvalue weighted by Gasteiger charge is -2.19. The van der Waals surface area contributed by atoms with Gasteiger partial charge in [-0.15, -0.1) is 11.3 Å². The standard InChI is InChI=1S/C15H24O2S/c1-6-7-8-9-13-11(2)12(10-18-13)14(16)17-15(3,4)5/h10H,6-9H2,1-5H3. The molecule has 0 aliphatic carbocycles. The minimum absolute atomic E-state index is 0.196. The van der Waals surface area contributed by atoms with Gasteiger partial charge in [-0.3, -0.25) is 0 Å². The van der Waals surface area contributed by atoms with E-state index < -0.39 is 5.60 Å². The molecule has 0 atom stereocenters. The van der Waals surface area contributed by atoms with Crippen molar-refractivity contribution in [2.24, 2.45) is 0 Å². The van der Waals surface area contributed by atoms with E-state index in [0.717, 1.165) is 17.5 Å². The maximum Gasteiger partial charge on any atom is 0.339 e. The third-order valence-electron chi connectivity index (χ3n) is 2.77. The average molecular weight is 268 g/mol. The van der Waals surface area contributed by atoms with Crippen LogP contribution in [0, 0.1) is 6.92 Å². The lowest BCUT2D eigenvalue weighted by molar-refractivity contribution is 0.00693. The van der Waals surface area contributed by atoms with Gasteiger partial charge in [-0.2, -0.15) is 0 Å². The van der Waals surface area contributed by atoms with Gasteiger partial charge in [0.1, 0.15) is 5.60 Å². The maximum absolute atomic E-state index is 12.0. The highest BCUT2D eigenvalue weighted by molar-refractivity contribution is 7.10. The van der Waals surface area contributed by atoms with Crippen molar-refractivity contribution >= 4 is 17.3 Å². The van der Waals surface area contributed by atoms with Crippen LogP contribution in [0.2, 0.25) is 0 Å². The van der Waals surface area contributed by atoms with E-state index in [0.29, 0.717) is 0 Å². The normalized spacial score (nSPS) is 11.6. The molecule has 0 N–H and O–H groups in total. The zero-order chi connectivity index (χ0) is 13.8. The second-order valence-electron chi connectivity index (χ2n) is 5.66. The second-order valence-corrected chi connectivity index (χ2v) is 6.62. The van der Waals surface area contributed by atoms with Crippen molar-refractivity contribution in [3.8, 4) is 0 Å². The Kier molecular flexibility index (Phi) is 5.39. The van der Waals surface area contributed by atoms with E-state index in [4.69, 9.17) is 4.74 Å². The van der Waals surface area contributed by atoms with Crippen molar-refractivity contribution in [1.29, 1.82) is 0 Å². The van der Waals surface area contributed by atoms with Crippen LogP contribution in [-0.2, 0) is 11.2 Å². The molecular formula is C15H24O2S. The van der Waals surface area contributed by atoms with Crippen LogP contribution in [-0.4, -0.2) is 11.6 Å². The predicted octanol–water partition coefficient (Wildman–Crippen LogP) is 4.74. The third kappa shape index (κ3) is 4.45. The van der Waals surface area contributed by atoms with Crippen molar-refractivity contribution in [1.82, 2.24) is 0 Å². The van der Waals surface area contributed by atoms with Gasteiger partial charge < -0.3 is 4.74 Å². The fourth-order valence-corrected chi connectivity index (χ4v) is 2.86. The SMILES string of the molecule is CCCCCc1scc(C(=O)OC(C)(C)C)c1C. The summed E-state index contributed by atoms with van der Waals surface area (Å²) in [7, 11) is 0. The van der Waals surface area contributed by atoms with E-state index in [1.54, 1.807) is 11.3 Å². The van der Waals surface area contributed by atoms with E-state index in [2.05, 4.69) is 6.92 Å². The lowest BCUT2D eigenvalue weighted by Crippen LogP contribution is -2.24. The second kappa shape index (κ2) is 6.37. The zero-order valence-electron chi connectivity index (χ0n) is 12.1. The molecule has 18 heavy (non-hydrogen) atoms. The number of unbranched alkanes of at least 4 members (excludes halogenated alkanes) is 2. The molecule has 0 amide bonds. The van der Waals surface area contributed by atoms with Gasteiger partial charge in [0.15, 0.2) is 0 Å². The number of hydrogen-bond donors (Lipinski definition) is 0. The fraction of sp³-hybridized carbons (Fsp3) is 0.667. The number of hydrogen-bond acceptors (Lipinski definition) is 3. The van der Waals surface area contributed by atoms with Crippen LogP contribution in [0.5, 0.6) is 0 Å². The summed E-state index contributed by atoms with van der Waals surface area (Å²) < 4.78 is 5.41. The van der Waals surface area contributed by atoms with E-state index in [9.17, 15) is 4.79 Å².